The zero-order valence-electron chi connectivity index (χ0n) is 16.8. The highest BCUT2D eigenvalue weighted by atomic mass is 16.5. The first-order valence-corrected chi connectivity index (χ1v) is 10.6. The van der Waals surface area contributed by atoms with Crippen molar-refractivity contribution in [3.8, 4) is 5.75 Å². The van der Waals surface area contributed by atoms with E-state index in [4.69, 9.17) is 4.74 Å². The Morgan fingerprint density at radius 2 is 1.61 bits per heavy atom. The summed E-state index contributed by atoms with van der Waals surface area (Å²) in [5.74, 6) is 0.663. The Balaban J connectivity index is 1.77. The van der Waals surface area contributed by atoms with Gasteiger partial charge in [-0.1, -0.05) is 74.6 Å². The van der Waals surface area contributed by atoms with Crippen molar-refractivity contribution in [1.82, 2.24) is 5.32 Å². The Hall–Kier alpha value is -2.33. The normalized spacial score (nSPS) is 16.6. The Bertz CT molecular complexity index is 724. The number of ether oxygens (including phenoxy) is 1. The van der Waals surface area contributed by atoms with Crippen LogP contribution in [0, 0.1) is 0 Å². The van der Waals surface area contributed by atoms with E-state index in [1.807, 2.05) is 61.5 Å². The Labute approximate surface area is 168 Å². The molecular formula is C24H32N2O2. The number of nitrogens with one attached hydrogen (secondary N) is 2. The number of amides is 1. The molecule has 1 amide bonds. The maximum Gasteiger partial charge on any atom is 0.246 e. The molecule has 1 saturated carbocycles. The SMILES string of the molecule is CCOc1ccccc1NC(=O)[C@H](NC1CCCCCCC1)c1ccccc1. The monoisotopic (exact) mass is 380 g/mol. The van der Waals surface area contributed by atoms with E-state index in [2.05, 4.69) is 10.6 Å². The highest BCUT2D eigenvalue weighted by Gasteiger charge is 2.25. The lowest BCUT2D eigenvalue weighted by molar-refractivity contribution is -0.118. The van der Waals surface area contributed by atoms with E-state index >= 15 is 0 Å². The minimum absolute atomic E-state index is 0.0413. The van der Waals surface area contributed by atoms with Crippen LogP contribution in [0.1, 0.15) is 63.5 Å². The van der Waals surface area contributed by atoms with Crippen LogP contribution >= 0.6 is 0 Å². The predicted octanol–water partition coefficient (Wildman–Crippen LogP) is 5.47. The van der Waals surface area contributed by atoms with Crippen LogP contribution < -0.4 is 15.4 Å². The summed E-state index contributed by atoms with van der Waals surface area (Å²) in [6.45, 7) is 2.51. The van der Waals surface area contributed by atoms with Crippen LogP contribution in [0.25, 0.3) is 0 Å². The number of anilines is 1. The van der Waals surface area contributed by atoms with Crippen LogP contribution in [-0.2, 0) is 4.79 Å². The largest absolute Gasteiger partial charge is 0.492 e. The van der Waals surface area contributed by atoms with Crippen molar-refractivity contribution in [2.75, 3.05) is 11.9 Å². The zero-order valence-corrected chi connectivity index (χ0v) is 16.8. The van der Waals surface area contributed by atoms with E-state index < -0.39 is 0 Å². The van der Waals surface area contributed by atoms with E-state index in [1.165, 1.54) is 32.1 Å². The van der Waals surface area contributed by atoms with Gasteiger partial charge in [-0.2, -0.15) is 0 Å². The van der Waals surface area contributed by atoms with Crippen LogP contribution in [0.15, 0.2) is 54.6 Å². The van der Waals surface area contributed by atoms with Gasteiger partial charge in [-0.3, -0.25) is 10.1 Å². The van der Waals surface area contributed by atoms with E-state index in [9.17, 15) is 4.79 Å². The minimum Gasteiger partial charge on any atom is -0.492 e. The molecule has 0 bridgehead atoms. The van der Waals surface area contributed by atoms with E-state index in [0.717, 1.165) is 24.1 Å². The average Bonchev–Trinajstić information content (AvgIpc) is 2.69. The van der Waals surface area contributed by atoms with Crippen molar-refractivity contribution in [2.45, 2.75) is 64.0 Å². The van der Waals surface area contributed by atoms with Gasteiger partial charge in [0.2, 0.25) is 5.91 Å². The molecule has 0 aromatic heterocycles. The van der Waals surface area contributed by atoms with Crippen molar-refractivity contribution < 1.29 is 9.53 Å². The van der Waals surface area contributed by atoms with E-state index in [-0.39, 0.29) is 11.9 Å². The molecule has 0 unspecified atom stereocenters. The molecule has 2 N–H and O–H groups in total. The summed E-state index contributed by atoms with van der Waals surface area (Å²) in [6, 6.07) is 17.6. The molecule has 0 saturated heterocycles. The zero-order chi connectivity index (χ0) is 19.6. The molecule has 2 aromatic carbocycles. The molecule has 28 heavy (non-hydrogen) atoms. The predicted molar refractivity (Wildman–Crippen MR) is 115 cm³/mol. The average molecular weight is 381 g/mol. The van der Waals surface area contributed by atoms with Gasteiger partial charge in [-0.15, -0.1) is 0 Å². The van der Waals surface area contributed by atoms with Crippen molar-refractivity contribution >= 4 is 11.6 Å². The number of benzene rings is 2. The molecule has 1 atom stereocenters. The van der Waals surface area contributed by atoms with Crippen molar-refractivity contribution in [2.24, 2.45) is 0 Å². The molecule has 0 heterocycles. The van der Waals surface area contributed by atoms with Crippen molar-refractivity contribution in [3.05, 3.63) is 60.2 Å². The first kappa shape index (κ1) is 20.4. The second-order valence-electron chi connectivity index (χ2n) is 7.47. The van der Waals surface area contributed by atoms with Gasteiger partial charge in [0.25, 0.3) is 0 Å². The molecule has 4 nitrogen and oxygen atoms in total. The van der Waals surface area contributed by atoms with Crippen LogP contribution in [0.3, 0.4) is 0 Å². The summed E-state index contributed by atoms with van der Waals surface area (Å²) in [5.41, 5.74) is 1.71. The fourth-order valence-corrected chi connectivity index (χ4v) is 3.88. The van der Waals surface area contributed by atoms with Gasteiger partial charge in [-0.25, -0.2) is 0 Å². The van der Waals surface area contributed by atoms with Gasteiger partial charge in [0.15, 0.2) is 0 Å². The molecule has 1 aliphatic carbocycles. The molecule has 150 valence electrons. The third-order valence-corrected chi connectivity index (χ3v) is 5.35. The molecule has 1 fully saturated rings. The Morgan fingerprint density at radius 3 is 2.32 bits per heavy atom. The number of hydrogen-bond donors (Lipinski definition) is 2. The van der Waals surface area contributed by atoms with Crippen molar-refractivity contribution in [1.29, 1.82) is 0 Å². The minimum atomic E-state index is -0.375. The standard InChI is InChI=1S/C24H32N2O2/c1-2-28-22-18-12-11-17-21(22)26-24(27)23(19-13-7-6-8-14-19)25-20-15-9-4-3-5-10-16-20/h6-8,11-14,17-18,20,23,25H,2-5,9-10,15-16H2,1H3,(H,26,27)/t23-/m1/s1. The van der Waals surface area contributed by atoms with Crippen LogP contribution in [-0.4, -0.2) is 18.6 Å². The molecule has 0 spiro atoms. The quantitative estimate of drug-likeness (QED) is 0.670. The Morgan fingerprint density at radius 1 is 0.964 bits per heavy atom. The van der Waals surface area contributed by atoms with Gasteiger partial charge in [0, 0.05) is 6.04 Å². The number of carbonyl (C=O) groups is 1. The highest BCUT2D eigenvalue weighted by Crippen LogP contribution is 2.26. The van der Waals surface area contributed by atoms with E-state index in [0.29, 0.717) is 18.4 Å². The maximum absolute atomic E-state index is 13.3. The summed E-state index contributed by atoms with van der Waals surface area (Å²) in [6.07, 6.45) is 8.65. The highest BCUT2D eigenvalue weighted by molar-refractivity contribution is 5.96. The van der Waals surface area contributed by atoms with Gasteiger partial charge in [0.1, 0.15) is 11.8 Å². The van der Waals surface area contributed by atoms with Gasteiger partial charge in [0.05, 0.1) is 12.3 Å². The van der Waals surface area contributed by atoms with Gasteiger partial charge < -0.3 is 10.1 Å². The lowest BCUT2D eigenvalue weighted by Crippen LogP contribution is -2.40. The lowest BCUT2D eigenvalue weighted by atomic mass is 9.95. The summed E-state index contributed by atoms with van der Waals surface area (Å²) < 4.78 is 5.67. The molecule has 1 aliphatic rings. The van der Waals surface area contributed by atoms with Crippen LogP contribution in [0.5, 0.6) is 5.75 Å². The summed E-state index contributed by atoms with van der Waals surface area (Å²) in [7, 11) is 0. The first-order chi connectivity index (χ1) is 13.8. The molecule has 0 aliphatic heterocycles. The molecule has 2 aromatic rings. The van der Waals surface area contributed by atoms with Crippen LogP contribution in [0.2, 0.25) is 0 Å². The topological polar surface area (TPSA) is 50.4 Å². The number of hydrogen-bond acceptors (Lipinski definition) is 3. The smallest absolute Gasteiger partial charge is 0.246 e. The summed E-state index contributed by atoms with van der Waals surface area (Å²) >= 11 is 0. The third kappa shape index (κ3) is 5.83. The summed E-state index contributed by atoms with van der Waals surface area (Å²) in [4.78, 5) is 13.3. The maximum atomic E-state index is 13.3. The fourth-order valence-electron chi connectivity index (χ4n) is 3.88. The second-order valence-corrected chi connectivity index (χ2v) is 7.47. The molecule has 0 radical (unpaired) electrons. The lowest BCUT2D eigenvalue weighted by Gasteiger charge is -2.27. The molecule has 4 heteroatoms. The molecule has 3 rings (SSSR count). The second kappa shape index (κ2) is 10.9. The van der Waals surface area contributed by atoms with E-state index in [1.54, 1.807) is 0 Å². The van der Waals surface area contributed by atoms with Gasteiger partial charge >= 0.3 is 0 Å². The first-order valence-electron chi connectivity index (χ1n) is 10.6. The number of carbonyl (C=O) groups excluding carboxylic acids is 1. The van der Waals surface area contributed by atoms with Crippen molar-refractivity contribution in [3.63, 3.8) is 0 Å². The van der Waals surface area contributed by atoms with Crippen LogP contribution in [0.4, 0.5) is 5.69 Å². The summed E-state index contributed by atoms with van der Waals surface area (Å²) in [5, 5.41) is 6.74. The Kier molecular flexibility index (Phi) is 7.92. The number of para-hydroxylation sites is 2. The number of rotatable bonds is 7. The molecular weight excluding hydrogens is 348 g/mol. The third-order valence-electron chi connectivity index (χ3n) is 5.35. The fraction of sp³-hybridized carbons (Fsp3) is 0.458. The van der Waals surface area contributed by atoms with Gasteiger partial charge in [-0.05, 0) is 37.5 Å².